The minimum atomic E-state index is -3.94. The van der Waals surface area contributed by atoms with Crippen molar-refractivity contribution in [3.63, 3.8) is 0 Å². The van der Waals surface area contributed by atoms with Crippen molar-refractivity contribution in [2.45, 2.75) is 4.90 Å². The second-order valence-electron chi connectivity index (χ2n) is 2.26. The largest absolute Gasteiger partial charge is 0.364 e. The molecule has 0 aromatic carbocycles. The minimum Gasteiger partial charge on any atom is -0.364 e. The fourth-order valence-corrected chi connectivity index (χ4v) is 1.50. The molecule has 1 heterocycles. The standard InChI is InChI=1S/C6H7N3O3S/c7-6(10)5-4(13(8,11)12)2-1-3-9-5/h1-3H,(H2,7,10)(H2,8,11,12). The summed E-state index contributed by atoms with van der Waals surface area (Å²) in [5, 5.41) is 4.82. The van der Waals surface area contributed by atoms with Gasteiger partial charge in [-0.3, -0.25) is 4.79 Å². The monoisotopic (exact) mass is 201 g/mol. The second kappa shape index (κ2) is 3.11. The predicted octanol–water partition coefficient (Wildman–Crippen LogP) is -1.17. The van der Waals surface area contributed by atoms with Gasteiger partial charge >= 0.3 is 0 Å². The van der Waals surface area contributed by atoms with E-state index in [2.05, 4.69) is 4.98 Å². The van der Waals surface area contributed by atoms with Crippen molar-refractivity contribution in [1.29, 1.82) is 0 Å². The van der Waals surface area contributed by atoms with Gasteiger partial charge in [0.15, 0.2) is 0 Å². The van der Waals surface area contributed by atoms with Gasteiger partial charge in [0.1, 0.15) is 10.6 Å². The van der Waals surface area contributed by atoms with E-state index in [0.717, 1.165) is 0 Å². The molecule has 0 aliphatic carbocycles. The van der Waals surface area contributed by atoms with Crippen molar-refractivity contribution in [1.82, 2.24) is 4.98 Å². The van der Waals surface area contributed by atoms with Crippen molar-refractivity contribution in [2.24, 2.45) is 10.9 Å². The summed E-state index contributed by atoms with van der Waals surface area (Å²) < 4.78 is 21.8. The zero-order chi connectivity index (χ0) is 10.1. The quantitative estimate of drug-likeness (QED) is 0.626. The lowest BCUT2D eigenvalue weighted by Gasteiger charge is -2.01. The molecule has 0 aliphatic heterocycles. The first-order valence-corrected chi connectivity index (χ1v) is 4.75. The number of primary sulfonamides is 1. The van der Waals surface area contributed by atoms with Crippen LogP contribution in [0.2, 0.25) is 0 Å². The average molecular weight is 201 g/mol. The first-order valence-electron chi connectivity index (χ1n) is 3.20. The fourth-order valence-electron chi connectivity index (χ4n) is 0.805. The summed E-state index contributed by atoms with van der Waals surface area (Å²) in [5.41, 5.74) is 4.55. The highest BCUT2D eigenvalue weighted by atomic mass is 32.2. The van der Waals surface area contributed by atoms with Crippen LogP contribution < -0.4 is 10.9 Å². The smallest absolute Gasteiger partial charge is 0.268 e. The van der Waals surface area contributed by atoms with Crippen LogP contribution in [-0.2, 0) is 10.0 Å². The molecule has 1 aromatic rings. The molecular weight excluding hydrogens is 194 g/mol. The van der Waals surface area contributed by atoms with Gasteiger partial charge in [-0.25, -0.2) is 18.5 Å². The molecule has 7 heteroatoms. The number of nitrogens with two attached hydrogens (primary N) is 2. The lowest BCUT2D eigenvalue weighted by Crippen LogP contribution is -2.21. The van der Waals surface area contributed by atoms with Gasteiger partial charge in [0, 0.05) is 6.20 Å². The summed E-state index contributed by atoms with van der Waals surface area (Å²) in [6.45, 7) is 0. The topological polar surface area (TPSA) is 116 Å². The van der Waals surface area contributed by atoms with E-state index < -0.39 is 15.9 Å². The maximum Gasteiger partial charge on any atom is 0.268 e. The summed E-state index contributed by atoms with van der Waals surface area (Å²) in [5.74, 6) is -0.926. The highest BCUT2D eigenvalue weighted by molar-refractivity contribution is 7.89. The van der Waals surface area contributed by atoms with Crippen LogP contribution in [0, 0.1) is 0 Å². The first kappa shape index (κ1) is 9.62. The van der Waals surface area contributed by atoms with E-state index >= 15 is 0 Å². The van der Waals surface area contributed by atoms with E-state index in [1.165, 1.54) is 18.3 Å². The van der Waals surface area contributed by atoms with Gasteiger partial charge in [-0.15, -0.1) is 0 Å². The number of carbonyl (C=O) groups is 1. The Hall–Kier alpha value is -1.47. The number of hydrogen-bond donors (Lipinski definition) is 2. The van der Waals surface area contributed by atoms with Gasteiger partial charge in [0.05, 0.1) is 0 Å². The van der Waals surface area contributed by atoms with E-state index in [4.69, 9.17) is 10.9 Å². The molecule has 0 bridgehead atoms. The zero-order valence-corrected chi connectivity index (χ0v) is 7.28. The SMILES string of the molecule is NC(=O)c1ncccc1S(N)(=O)=O. The Kier molecular flexibility index (Phi) is 2.30. The molecule has 13 heavy (non-hydrogen) atoms. The van der Waals surface area contributed by atoms with E-state index in [9.17, 15) is 13.2 Å². The van der Waals surface area contributed by atoms with Gasteiger partial charge in [-0.2, -0.15) is 0 Å². The summed E-state index contributed by atoms with van der Waals surface area (Å²) >= 11 is 0. The summed E-state index contributed by atoms with van der Waals surface area (Å²) in [6, 6.07) is 2.52. The lowest BCUT2D eigenvalue weighted by molar-refractivity contribution is 0.0992. The van der Waals surface area contributed by atoms with Crippen LogP contribution in [0.3, 0.4) is 0 Å². The van der Waals surface area contributed by atoms with Crippen LogP contribution in [0.15, 0.2) is 23.2 Å². The van der Waals surface area contributed by atoms with Crippen molar-refractivity contribution in [3.05, 3.63) is 24.0 Å². The van der Waals surface area contributed by atoms with Crippen LogP contribution in [0.5, 0.6) is 0 Å². The van der Waals surface area contributed by atoms with Gasteiger partial charge in [-0.1, -0.05) is 0 Å². The summed E-state index contributed by atoms with van der Waals surface area (Å²) in [6.07, 6.45) is 1.26. The number of aromatic nitrogens is 1. The normalized spacial score (nSPS) is 11.2. The molecule has 1 rings (SSSR count). The van der Waals surface area contributed by atoms with E-state index in [-0.39, 0.29) is 10.6 Å². The van der Waals surface area contributed by atoms with Gasteiger partial charge < -0.3 is 5.73 Å². The van der Waals surface area contributed by atoms with Crippen LogP contribution in [0.4, 0.5) is 0 Å². The first-order chi connectivity index (χ1) is 5.93. The molecule has 0 aliphatic rings. The fraction of sp³-hybridized carbons (Fsp3) is 0. The van der Waals surface area contributed by atoms with E-state index in [1.54, 1.807) is 0 Å². The molecule has 1 aromatic heterocycles. The molecule has 0 saturated heterocycles. The number of pyridine rings is 1. The predicted molar refractivity (Wildman–Crippen MR) is 44.1 cm³/mol. The Morgan fingerprint density at radius 1 is 1.46 bits per heavy atom. The third-order valence-corrected chi connectivity index (χ3v) is 2.25. The number of amides is 1. The highest BCUT2D eigenvalue weighted by Gasteiger charge is 2.17. The average Bonchev–Trinajstić information content (AvgIpc) is 2.03. The number of rotatable bonds is 2. The zero-order valence-electron chi connectivity index (χ0n) is 6.47. The van der Waals surface area contributed by atoms with Crippen LogP contribution in [0.1, 0.15) is 10.5 Å². The van der Waals surface area contributed by atoms with Gasteiger partial charge in [0.25, 0.3) is 5.91 Å². The molecule has 0 radical (unpaired) electrons. The summed E-state index contributed by atoms with van der Waals surface area (Å²) in [4.78, 5) is 13.9. The molecule has 70 valence electrons. The Labute approximate surface area is 74.6 Å². The number of nitrogens with zero attached hydrogens (tertiary/aromatic N) is 1. The number of primary amides is 1. The molecule has 0 atom stereocenters. The molecule has 4 N–H and O–H groups in total. The van der Waals surface area contributed by atoms with Crippen LogP contribution in [-0.4, -0.2) is 19.3 Å². The van der Waals surface area contributed by atoms with Crippen LogP contribution >= 0.6 is 0 Å². The van der Waals surface area contributed by atoms with Crippen molar-refractivity contribution >= 4 is 15.9 Å². The maximum absolute atomic E-state index is 10.9. The van der Waals surface area contributed by atoms with Gasteiger partial charge in [0.2, 0.25) is 10.0 Å². The molecule has 0 spiro atoms. The number of sulfonamides is 1. The van der Waals surface area contributed by atoms with E-state index in [1.807, 2.05) is 0 Å². The lowest BCUT2D eigenvalue weighted by atomic mass is 10.3. The Morgan fingerprint density at radius 3 is 2.46 bits per heavy atom. The molecular formula is C6H7N3O3S. The number of hydrogen-bond acceptors (Lipinski definition) is 4. The van der Waals surface area contributed by atoms with Crippen LogP contribution in [0.25, 0.3) is 0 Å². The minimum absolute atomic E-state index is 0.343. The van der Waals surface area contributed by atoms with Crippen molar-refractivity contribution < 1.29 is 13.2 Å². The van der Waals surface area contributed by atoms with Crippen molar-refractivity contribution in [2.75, 3.05) is 0 Å². The number of carbonyl (C=O) groups excluding carboxylic acids is 1. The second-order valence-corrected chi connectivity index (χ2v) is 3.79. The molecule has 1 amide bonds. The van der Waals surface area contributed by atoms with Gasteiger partial charge in [-0.05, 0) is 12.1 Å². The maximum atomic E-state index is 10.9. The van der Waals surface area contributed by atoms with Crippen molar-refractivity contribution in [3.8, 4) is 0 Å². The Morgan fingerprint density at radius 2 is 2.08 bits per heavy atom. The molecule has 0 saturated carbocycles. The molecule has 0 fully saturated rings. The molecule has 0 unspecified atom stereocenters. The van der Waals surface area contributed by atoms with E-state index in [0.29, 0.717) is 0 Å². The summed E-state index contributed by atoms with van der Waals surface area (Å²) in [7, 11) is -3.94. The molecule has 6 nitrogen and oxygen atoms in total. The third-order valence-electron chi connectivity index (χ3n) is 1.31. The Balaban J connectivity index is 3.46. The third kappa shape index (κ3) is 2.01. The Bertz CT molecular complexity index is 440. The highest BCUT2D eigenvalue weighted by Crippen LogP contribution is 2.09.